The summed E-state index contributed by atoms with van der Waals surface area (Å²) >= 11 is 0. The number of nitrogens with zero attached hydrogens (tertiary/aromatic N) is 2. The summed E-state index contributed by atoms with van der Waals surface area (Å²) in [5.74, 6) is 0.0465. The van der Waals surface area contributed by atoms with Gasteiger partial charge in [-0.3, -0.25) is 9.78 Å². The molecule has 4 heteroatoms. The number of ether oxygens (including phenoxy) is 1. The molecule has 0 N–H and O–H groups in total. The van der Waals surface area contributed by atoms with Crippen molar-refractivity contribution in [2.45, 2.75) is 25.3 Å². The molecule has 1 aromatic heterocycles. The molecule has 0 radical (unpaired) electrons. The van der Waals surface area contributed by atoms with Crippen LogP contribution in [0, 0.1) is 0 Å². The molecule has 2 aromatic rings. The minimum Gasteiger partial charge on any atom is -0.375 e. The van der Waals surface area contributed by atoms with E-state index in [0.717, 1.165) is 37.2 Å². The number of hydrogen-bond donors (Lipinski definition) is 0. The van der Waals surface area contributed by atoms with Crippen molar-refractivity contribution in [3.63, 3.8) is 0 Å². The molecule has 1 aromatic carbocycles. The first-order valence-electron chi connectivity index (χ1n) is 8.06. The number of hydrogen-bond acceptors (Lipinski definition) is 3. The van der Waals surface area contributed by atoms with Crippen molar-refractivity contribution < 1.29 is 9.53 Å². The highest BCUT2D eigenvalue weighted by atomic mass is 16.5. The van der Waals surface area contributed by atoms with Gasteiger partial charge >= 0.3 is 0 Å². The molecule has 4 nitrogen and oxygen atoms in total. The first-order valence-corrected chi connectivity index (χ1v) is 8.06. The lowest BCUT2D eigenvalue weighted by Crippen LogP contribution is -2.33. The number of likely N-dealkylation sites (tertiary alicyclic amines) is 1. The molecule has 23 heavy (non-hydrogen) atoms. The van der Waals surface area contributed by atoms with E-state index in [1.165, 1.54) is 5.56 Å². The molecule has 0 saturated carbocycles. The van der Waals surface area contributed by atoms with Gasteiger partial charge in [0.05, 0.1) is 11.7 Å². The number of methoxy groups -OCH3 is 1. The Labute approximate surface area is 137 Å². The van der Waals surface area contributed by atoms with Gasteiger partial charge in [0, 0.05) is 25.8 Å². The molecular weight excluding hydrogens is 288 g/mol. The van der Waals surface area contributed by atoms with Gasteiger partial charge in [0.1, 0.15) is 6.61 Å². The zero-order valence-electron chi connectivity index (χ0n) is 13.4. The summed E-state index contributed by atoms with van der Waals surface area (Å²) in [6.45, 7) is 0.928. The average molecular weight is 310 g/mol. The molecule has 0 spiro atoms. The van der Waals surface area contributed by atoms with Crippen molar-refractivity contribution in [1.82, 2.24) is 9.88 Å². The quantitative estimate of drug-likeness (QED) is 0.852. The Hall–Kier alpha value is -2.20. The lowest BCUT2D eigenvalue weighted by molar-refractivity contribution is -0.136. The third-order valence-corrected chi connectivity index (χ3v) is 4.24. The van der Waals surface area contributed by atoms with E-state index in [1.54, 1.807) is 7.11 Å². The highest BCUT2D eigenvalue weighted by Crippen LogP contribution is 2.31. The SMILES string of the molecule is COCC(=O)N1CCC[C@@H]1c1cccc(Cc2ccccc2)n1. The van der Waals surface area contributed by atoms with Crippen LogP contribution in [0.3, 0.4) is 0 Å². The highest BCUT2D eigenvalue weighted by molar-refractivity contribution is 5.78. The Kier molecular flexibility index (Phi) is 5.03. The van der Waals surface area contributed by atoms with Crippen LogP contribution in [0.5, 0.6) is 0 Å². The Balaban J connectivity index is 1.77. The molecule has 1 aliphatic rings. The largest absolute Gasteiger partial charge is 0.375 e. The summed E-state index contributed by atoms with van der Waals surface area (Å²) in [7, 11) is 1.56. The van der Waals surface area contributed by atoms with E-state index in [0.29, 0.717) is 0 Å². The molecule has 1 saturated heterocycles. The second kappa shape index (κ2) is 7.38. The van der Waals surface area contributed by atoms with E-state index in [-0.39, 0.29) is 18.6 Å². The van der Waals surface area contributed by atoms with E-state index >= 15 is 0 Å². The zero-order valence-corrected chi connectivity index (χ0v) is 13.4. The maximum Gasteiger partial charge on any atom is 0.249 e. The molecular formula is C19H22N2O2. The summed E-state index contributed by atoms with van der Waals surface area (Å²) < 4.78 is 4.99. The van der Waals surface area contributed by atoms with Crippen LogP contribution in [0.1, 0.15) is 35.8 Å². The third-order valence-electron chi connectivity index (χ3n) is 4.24. The van der Waals surface area contributed by atoms with Crippen molar-refractivity contribution in [2.75, 3.05) is 20.3 Å². The van der Waals surface area contributed by atoms with Gasteiger partial charge in [-0.1, -0.05) is 36.4 Å². The van der Waals surface area contributed by atoms with Crippen LogP contribution in [0.25, 0.3) is 0 Å². The van der Waals surface area contributed by atoms with Gasteiger partial charge < -0.3 is 9.64 Å². The second-order valence-corrected chi connectivity index (χ2v) is 5.89. The molecule has 1 fully saturated rings. The first kappa shape index (κ1) is 15.7. The smallest absolute Gasteiger partial charge is 0.249 e. The van der Waals surface area contributed by atoms with Crippen molar-refractivity contribution >= 4 is 5.91 Å². The van der Waals surface area contributed by atoms with Gasteiger partial charge in [-0.2, -0.15) is 0 Å². The molecule has 0 aliphatic carbocycles. The standard InChI is InChI=1S/C19H22N2O2/c1-23-14-19(22)21-12-6-11-18(21)17-10-5-9-16(20-17)13-15-7-3-2-4-8-15/h2-5,7-10,18H,6,11-14H2,1H3/t18-/m1/s1. The van der Waals surface area contributed by atoms with Crippen LogP contribution in [0.2, 0.25) is 0 Å². The Morgan fingerprint density at radius 3 is 2.83 bits per heavy atom. The second-order valence-electron chi connectivity index (χ2n) is 5.89. The number of carbonyl (C=O) groups excluding carboxylic acids is 1. The molecule has 0 unspecified atom stereocenters. The predicted molar refractivity (Wildman–Crippen MR) is 89.0 cm³/mol. The molecule has 3 rings (SSSR count). The maximum atomic E-state index is 12.2. The van der Waals surface area contributed by atoms with E-state index in [2.05, 4.69) is 12.1 Å². The van der Waals surface area contributed by atoms with Crippen molar-refractivity contribution in [3.05, 3.63) is 65.5 Å². The number of aromatic nitrogens is 1. The minimum absolute atomic E-state index is 0.0465. The van der Waals surface area contributed by atoms with Crippen molar-refractivity contribution in [3.8, 4) is 0 Å². The van der Waals surface area contributed by atoms with Crippen LogP contribution in [0.15, 0.2) is 48.5 Å². The number of rotatable bonds is 5. The molecule has 1 aliphatic heterocycles. The number of pyridine rings is 1. The van der Waals surface area contributed by atoms with Gasteiger partial charge in [0.25, 0.3) is 0 Å². The lowest BCUT2D eigenvalue weighted by Gasteiger charge is -2.24. The number of amides is 1. The fourth-order valence-electron chi connectivity index (χ4n) is 3.17. The van der Waals surface area contributed by atoms with Crippen molar-refractivity contribution in [1.29, 1.82) is 0 Å². The van der Waals surface area contributed by atoms with E-state index in [1.807, 2.05) is 41.3 Å². The van der Waals surface area contributed by atoms with E-state index < -0.39 is 0 Å². The normalized spacial score (nSPS) is 17.4. The number of carbonyl (C=O) groups is 1. The maximum absolute atomic E-state index is 12.2. The van der Waals surface area contributed by atoms with Crippen molar-refractivity contribution in [2.24, 2.45) is 0 Å². The zero-order chi connectivity index (χ0) is 16.1. The molecule has 0 bridgehead atoms. The lowest BCUT2D eigenvalue weighted by atomic mass is 10.1. The van der Waals surface area contributed by atoms with Gasteiger partial charge in [-0.05, 0) is 30.5 Å². The Morgan fingerprint density at radius 2 is 2.04 bits per heavy atom. The van der Waals surface area contributed by atoms with Gasteiger partial charge in [-0.25, -0.2) is 0 Å². The molecule has 120 valence electrons. The summed E-state index contributed by atoms with van der Waals surface area (Å²) in [5, 5.41) is 0. The summed E-state index contributed by atoms with van der Waals surface area (Å²) in [5.41, 5.74) is 3.27. The van der Waals surface area contributed by atoms with Crippen LogP contribution in [-0.2, 0) is 16.0 Å². The van der Waals surface area contributed by atoms with E-state index in [4.69, 9.17) is 9.72 Å². The summed E-state index contributed by atoms with van der Waals surface area (Å²) in [4.78, 5) is 18.9. The van der Waals surface area contributed by atoms with E-state index in [9.17, 15) is 4.79 Å². The van der Waals surface area contributed by atoms with Crippen LogP contribution >= 0.6 is 0 Å². The Bertz CT molecular complexity index is 657. The third kappa shape index (κ3) is 3.77. The van der Waals surface area contributed by atoms with Gasteiger partial charge in [-0.15, -0.1) is 0 Å². The average Bonchev–Trinajstić information content (AvgIpc) is 3.06. The Morgan fingerprint density at radius 1 is 1.22 bits per heavy atom. The van der Waals surface area contributed by atoms with Gasteiger partial charge in [0.15, 0.2) is 0 Å². The fraction of sp³-hybridized carbons (Fsp3) is 0.368. The van der Waals surface area contributed by atoms with Crippen LogP contribution in [0.4, 0.5) is 0 Å². The molecule has 1 atom stereocenters. The van der Waals surface area contributed by atoms with Crippen LogP contribution in [-0.4, -0.2) is 36.1 Å². The summed E-state index contributed by atoms with van der Waals surface area (Å²) in [6, 6.07) is 16.5. The fourth-order valence-corrected chi connectivity index (χ4v) is 3.17. The molecule has 1 amide bonds. The first-order chi connectivity index (χ1) is 11.3. The summed E-state index contributed by atoms with van der Waals surface area (Å²) in [6.07, 6.45) is 2.80. The molecule has 2 heterocycles. The number of benzene rings is 1. The topological polar surface area (TPSA) is 42.4 Å². The highest BCUT2D eigenvalue weighted by Gasteiger charge is 2.30. The predicted octanol–water partition coefficient (Wildman–Crippen LogP) is 2.98. The monoisotopic (exact) mass is 310 g/mol. The van der Waals surface area contributed by atoms with Gasteiger partial charge in [0.2, 0.25) is 5.91 Å². The minimum atomic E-state index is 0.0465. The van der Waals surface area contributed by atoms with Crippen LogP contribution < -0.4 is 0 Å².